The Kier molecular flexibility index (Phi) is 3.15. The van der Waals surface area contributed by atoms with Gasteiger partial charge >= 0.3 is 5.97 Å². The van der Waals surface area contributed by atoms with Crippen LogP contribution < -0.4 is 4.72 Å². The molecule has 0 amide bonds. The zero-order chi connectivity index (χ0) is 16.0. The van der Waals surface area contributed by atoms with Crippen molar-refractivity contribution in [3.05, 3.63) is 47.2 Å². The number of oxazole rings is 1. The molecule has 0 atom stereocenters. The van der Waals surface area contributed by atoms with Crippen LogP contribution in [0, 0.1) is 0 Å². The summed E-state index contributed by atoms with van der Waals surface area (Å²) < 4.78 is 35.9. The van der Waals surface area contributed by atoms with Crippen molar-refractivity contribution >= 4 is 21.7 Å². The molecule has 23 heavy (non-hydrogen) atoms. The average molecular weight is 334 g/mol. The van der Waals surface area contributed by atoms with Crippen molar-refractivity contribution in [3.8, 4) is 0 Å². The van der Waals surface area contributed by atoms with E-state index in [9.17, 15) is 13.2 Å². The maximum Gasteiger partial charge on any atom is 0.338 e. The van der Waals surface area contributed by atoms with E-state index in [0.29, 0.717) is 34.3 Å². The van der Waals surface area contributed by atoms with Crippen molar-refractivity contribution in [3.63, 3.8) is 0 Å². The van der Waals surface area contributed by atoms with Crippen LogP contribution in [0.3, 0.4) is 0 Å². The van der Waals surface area contributed by atoms with Gasteiger partial charge in [0, 0.05) is 5.92 Å². The molecule has 0 radical (unpaired) electrons. The van der Waals surface area contributed by atoms with Crippen LogP contribution in [0.1, 0.15) is 46.3 Å². The third kappa shape index (κ3) is 2.94. The molecule has 8 heteroatoms. The third-order valence-corrected chi connectivity index (χ3v) is 5.03. The number of hydrogen-bond donors (Lipinski definition) is 1. The maximum absolute atomic E-state index is 12.1. The van der Waals surface area contributed by atoms with Gasteiger partial charge in [-0.1, -0.05) is 6.07 Å². The Bertz CT molecular complexity index is 883. The van der Waals surface area contributed by atoms with Crippen molar-refractivity contribution < 1.29 is 22.4 Å². The van der Waals surface area contributed by atoms with Crippen molar-refractivity contribution in [2.45, 2.75) is 31.1 Å². The van der Waals surface area contributed by atoms with E-state index in [1.807, 2.05) is 0 Å². The molecule has 7 nitrogen and oxygen atoms in total. The molecule has 1 saturated carbocycles. The molecule has 1 fully saturated rings. The number of carbonyl (C=O) groups excluding carboxylic acids is 1. The van der Waals surface area contributed by atoms with E-state index in [1.54, 1.807) is 12.1 Å². The molecule has 1 aromatic heterocycles. The highest BCUT2D eigenvalue weighted by Crippen LogP contribution is 2.39. The van der Waals surface area contributed by atoms with Crippen LogP contribution in [0.4, 0.5) is 5.69 Å². The summed E-state index contributed by atoms with van der Waals surface area (Å²) in [5, 5.41) is 0. The first kappa shape index (κ1) is 14.3. The van der Waals surface area contributed by atoms with Gasteiger partial charge in [0.25, 0.3) is 0 Å². The molecule has 1 N–H and O–H groups in total. The van der Waals surface area contributed by atoms with Crippen LogP contribution in [0.25, 0.3) is 0 Å². The number of anilines is 1. The Morgan fingerprint density at radius 1 is 1.39 bits per heavy atom. The number of esters is 1. The fourth-order valence-electron chi connectivity index (χ4n) is 2.46. The Morgan fingerprint density at radius 3 is 3.00 bits per heavy atom. The van der Waals surface area contributed by atoms with Gasteiger partial charge in [0.1, 0.15) is 18.6 Å². The number of carbonyl (C=O) groups is 1. The van der Waals surface area contributed by atoms with Gasteiger partial charge in [0.05, 0.1) is 17.0 Å². The molecule has 4 rings (SSSR count). The largest absolute Gasteiger partial charge is 0.455 e. The summed E-state index contributed by atoms with van der Waals surface area (Å²) in [6, 6.07) is 4.66. The fourth-order valence-corrected chi connectivity index (χ4v) is 3.72. The fraction of sp³-hybridized carbons (Fsp3) is 0.333. The zero-order valence-electron chi connectivity index (χ0n) is 12.1. The number of nitrogens with one attached hydrogen (secondary N) is 1. The standard InChI is InChI=1S/C15H14N2O5S/c18-15(22-7-12-6-21-14(16-12)9-1-2-9)10-3-4-11-8-23(19,20)17-13(11)5-10/h3-6,9,17H,1-2,7-8H2. The second-order valence-corrected chi connectivity index (χ2v) is 7.48. The topological polar surface area (TPSA) is 98.5 Å². The van der Waals surface area contributed by atoms with Crippen LogP contribution in [-0.2, 0) is 27.1 Å². The monoisotopic (exact) mass is 334 g/mol. The molecule has 0 saturated heterocycles. The first-order valence-electron chi connectivity index (χ1n) is 7.25. The van der Waals surface area contributed by atoms with Gasteiger partial charge in [-0.2, -0.15) is 0 Å². The lowest BCUT2D eigenvalue weighted by atomic mass is 10.1. The molecule has 120 valence electrons. The minimum absolute atomic E-state index is 0.0257. The van der Waals surface area contributed by atoms with E-state index >= 15 is 0 Å². The second kappa shape index (κ2) is 5.09. The molecule has 0 bridgehead atoms. The minimum atomic E-state index is -3.33. The quantitative estimate of drug-likeness (QED) is 0.860. The highest BCUT2D eigenvalue weighted by atomic mass is 32.2. The summed E-state index contributed by atoms with van der Waals surface area (Å²) in [6.45, 7) is 0.0257. The normalized spacial score (nSPS) is 18.3. The van der Waals surface area contributed by atoms with E-state index in [1.165, 1.54) is 12.3 Å². The Hall–Kier alpha value is -2.35. The van der Waals surface area contributed by atoms with Crippen molar-refractivity contribution in [1.29, 1.82) is 0 Å². The second-order valence-electron chi connectivity index (χ2n) is 5.76. The summed E-state index contributed by atoms with van der Waals surface area (Å²) in [5.74, 6) is 0.502. The van der Waals surface area contributed by atoms with Gasteiger partial charge in [-0.15, -0.1) is 0 Å². The van der Waals surface area contributed by atoms with Crippen LogP contribution in [-0.4, -0.2) is 19.4 Å². The Labute approximate surface area is 132 Å². The molecule has 0 spiro atoms. The van der Waals surface area contributed by atoms with E-state index in [0.717, 1.165) is 12.8 Å². The van der Waals surface area contributed by atoms with Crippen molar-refractivity contribution in [1.82, 2.24) is 4.98 Å². The van der Waals surface area contributed by atoms with Gasteiger partial charge in [-0.05, 0) is 30.5 Å². The summed E-state index contributed by atoms with van der Waals surface area (Å²) in [6.07, 6.45) is 3.67. The van der Waals surface area contributed by atoms with Crippen LogP contribution in [0.2, 0.25) is 0 Å². The summed E-state index contributed by atoms with van der Waals surface area (Å²) in [5.41, 5.74) is 1.94. The van der Waals surface area contributed by atoms with E-state index in [-0.39, 0.29) is 12.4 Å². The molecule has 2 aromatic rings. The van der Waals surface area contributed by atoms with Crippen LogP contribution in [0.15, 0.2) is 28.9 Å². The lowest BCUT2D eigenvalue weighted by Crippen LogP contribution is -2.07. The number of hydrogen-bond acceptors (Lipinski definition) is 6. The molecule has 1 aromatic carbocycles. The first-order chi connectivity index (χ1) is 11.0. The molecule has 1 aliphatic carbocycles. The van der Waals surface area contributed by atoms with Crippen LogP contribution in [0.5, 0.6) is 0 Å². The van der Waals surface area contributed by atoms with Crippen LogP contribution >= 0.6 is 0 Å². The number of rotatable bonds is 4. The van der Waals surface area contributed by atoms with E-state index in [2.05, 4.69) is 9.71 Å². The van der Waals surface area contributed by atoms with Gasteiger partial charge in [-0.25, -0.2) is 18.2 Å². The number of benzene rings is 1. The predicted octanol–water partition coefficient (Wildman–Crippen LogP) is 2.16. The predicted molar refractivity (Wildman–Crippen MR) is 80.3 cm³/mol. The van der Waals surface area contributed by atoms with Gasteiger partial charge < -0.3 is 9.15 Å². The highest BCUT2D eigenvalue weighted by Gasteiger charge is 2.29. The highest BCUT2D eigenvalue weighted by molar-refractivity contribution is 7.92. The number of ether oxygens (including phenoxy) is 1. The zero-order valence-corrected chi connectivity index (χ0v) is 12.9. The smallest absolute Gasteiger partial charge is 0.338 e. The maximum atomic E-state index is 12.1. The SMILES string of the molecule is O=C(OCc1coc(C2CC2)n1)c1ccc2c(c1)NS(=O)(=O)C2. The molecule has 1 aliphatic heterocycles. The van der Waals surface area contributed by atoms with Crippen molar-refractivity contribution in [2.75, 3.05) is 4.72 Å². The molecular weight excluding hydrogens is 320 g/mol. The summed E-state index contributed by atoms with van der Waals surface area (Å²) in [7, 11) is -3.33. The lowest BCUT2D eigenvalue weighted by Gasteiger charge is -2.04. The molecule has 2 heterocycles. The molecular formula is C15H14N2O5S. The third-order valence-electron chi connectivity index (χ3n) is 3.80. The average Bonchev–Trinajstić information content (AvgIpc) is 3.16. The Balaban J connectivity index is 1.43. The molecule has 2 aliphatic rings. The van der Waals surface area contributed by atoms with E-state index < -0.39 is 16.0 Å². The number of fused-ring (bicyclic) bond motifs is 1. The summed E-state index contributed by atoms with van der Waals surface area (Å²) in [4.78, 5) is 16.4. The number of aromatic nitrogens is 1. The minimum Gasteiger partial charge on any atom is -0.455 e. The number of sulfonamides is 1. The van der Waals surface area contributed by atoms with Gasteiger partial charge in [0.2, 0.25) is 10.0 Å². The van der Waals surface area contributed by atoms with Gasteiger partial charge in [0.15, 0.2) is 5.89 Å². The lowest BCUT2D eigenvalue weighted by molar-refractivity contribution is 0.0467. The Morgan fingerprint density at radius 2 is 2.22 bits per heavy atom. The van der Waals surface area contributed by atoms with Crippen molar-refractivity contribution in [2.24, 2.45) is 0 Å². The van der Waals surface area contributed by atoms with Gasteiger partial charge in [-0.3, -0.25) is 4.72 Å². The number of nitrogens with zero attached hydrogens (tertiary/aromatic N) is 1. The first-order valence-corrected chi connectivity index (χ1v) is 8.90. The van der Waals surface area contributed by atoms with E-state index in [4.69, 9.17) is 9.15 Å². The molecule has 0 unspecified atom stereocenters. The summed E-state index contributed by atoms with van der Waals surface area (Å²) >= 11 is 0.